The number of urea groups is 1. The smallest absolute Gasteiger partial charge is 0.337 e. The van der Waals surface area contributed by atoms with E-state index in [2.05, 4.69) is 20.3 Å². The fourth-order valence-corrected chi connectivity index (χ4v) is 0.890. The van der Waals surface area contributed by atoms with E-state index in [9.17, 15) is 14.7 Å². The van der Waals surface area contributed by atoms with E-state index < -0.39 is 24.1 Å². The maximum Gasteiger partial charge on any atom is 0.337 e. The average Bonchev–Trinajstić information content (AvgIpc) is 2.76. The van der Waals surface area contributed by atoms with Gasteiger partial charge in [-0.2, -0.15) is 0 Å². The number of hydrogen-bond acceptors (Lipinski definition) is 5. The number of carboxylic acids is 1. The van der Waals surface area contributed by atoms with Crippen molar-refractivity contribution in [1.82, 2.24) is 15.8 Å². The van der Waals surface area contributed by atoms with Crippen molar-refractivity contribution in [1.29, 1.82) is 0 Å². The van der Waals surface area contributed by atoms with Gasteiger partial charge in [0, 0.05) is 6.07 Å². The van der Waals surface area contributed by atoms with E-state index in [0.29, 0.717) is 5.69 Å². The Bertz CT molecular complexity index is 387. The summed E-state index contributed by atoms with van der Waals surface area (Å²) in [6.45, 7) is 0.845. The van der Waals surface area contributed by atoms with Crippen LogP contribution in [0.3, 0.4) is 0 Å². The molecule has 1 aromatic heterocycles. The van der Waals surface area contributed by atoms with Crippen LogP contribution in [0.2, 0.25) is 0 Å². The fraction of sp³-hybridized carbons (Fsp3) is 0.444. The topological polar surface area (TPSA) is 125 Å². The summed E-state index contributed by atoms with van der Waals surface area (Å²) in [6, 6.07) is 0.975. The Labute approximate surface area is 96.6 Å². The highest BCUT2D eigenvalue weighted by molar-refractivity contribution is 5.79. The zero-order valence-electron chi connectivity index (χ0n) is 9.14. The van der Waals surface area contributed by atoms with Crippen molar-refractivity contribution in [3.8, 4) is 0 Å². The zero-order valence-corrected chi connectivity index (χ0v) is 9.14. The zero-order chi connectivity index (χ0) is 12.9. The predicted octanol–water partition coefficient (Wildman–Crippen LogP) is -0.691. The van der Waals surface area contributed by atoms with Crippen molar-refractivity contribution in [2.45, 2.75) is 19.1 Å². The quantitative estimate of drug-likeness (QED) is 0.542. The number of aliphatic hydroxyl groups is 1. The standard InChI is InChI=1S/C9H13N3O5/c1-9(16,7(13)14)5-11-8(15)10-4-6-2-3-17-12-6/h2-3,16H,4-5H2,1H3,(H,13,14)(H2,10,11,15). The molecule has 2 amide bonds. The summed E-state index contributed by atoms with van der Waals surface area (Å²) < 4.78 is 4.55. The van der Waals surface area contributed by atoms with Gasteiger partial charge < -0.3 is 25.4 Å². The molecule has 1 rings (SSSR count). The van der Waals surface area contributed by atoms with Crippen LogP contribution in [-0.4, -0.2) is 39.5 Å². The van der Waals surface area contributed by atoms with Crippen LogP contribution in [0.1, 0.15) is 12.6 Å². The normalized spacial score (nSPS) is 13.8. The Balaban J connectivity index is 2.28. The summed E-state index contributed by atoms with van der Waals surface area (Å²) in [4.78, 5) is 21.8. The first-order valence-electron chi connectivity index (χ1n) is 4.78. The van der Waals surface area contributed by atoms with Crippen molar-refractivity contribution in [2.24, 2.45) is 0 Å². The lowest BCUT2D eigenvalue weighted by Crippen LogP contribution is -2.49. The molecule has 8 nitrogen and oxygen atoms in total. The number of aliphatic carboxylic acids is 1. The van der Waals surface area contributed by atoms with Crippen LogP contribution >= 0.6 is 0 Å². The first-order chi connectivity index (χ1) is 7.92. The highest BCUT2D eigenvalue weighted by Gasteiger charge is 2.30. The number of nitrogens with one attached hydrogen (secondary N) is 2. The van der Waals surface area contributed by atoms with Gasteiger partial charge in [-0.1, -0.05) is 5.16 Å². The SMILES string of the molecule is CC(O)(CNC(=O)NCc1ccon1)C(=O)O. The number of nitrogens with zero attached hydrogens (tertiary/aromatic N) is 1. The molecule has 0 spiro atoms. The summed E-state index contributed by atoms with van der Waals surface area (Å²) in [5.41, 5.74) is -1.46. The molecule has 1 atom stereocenters. The second-order valence-corrected chi connectivity index (χ2v) is 3.61. The molecule has 0 aliphatic rings. The summed E-state index contributed by atoms with van der Waals surface area (Å²) in [5.74, 6) is -1.41. The molecule has 0 radical (unpaired) electrons. The predicted molar refractivity (Wildman–Crippen MR) is 55.0 cm³/mol. The second-order valence-electron chi connectivity index (χ2n) is 3.61. The van der Waals surface area contributed by atoms with Crippen LogP contribution in [0.15, 0.2) is 16.9 Å². The maximum atomic E-state index is 11.2. The van der Waals surface area contributed by atoms with Gasteiger partial charge in [0.15, 0.2) is 5.60 Å². The number of carbonyl (C=O) groups is 2. The molecular formula is C9H13N3O5. The number of carboxylic acid groups (broad SMARTS) is 1. The van der Waals surface area contributed by atoms with Crippen molar-refractivity contribution in [2.75, 3.05) is 6.54 Å². The van der Waals surface area contributed by atoms with Gasteiger partial charge in [0.2, 0.25) is 0 Å². The molecular weight excluding hydrogens is 230 g/mol. The number of aromatic nitrogens is 1. The summed E-state index contributed by atoms with van der Waals surface area (Å²) >= 11 is 0. The minimum atomic E-state index is -1.99. The third-order valence-electron chi connectivity index (χ3n) is 1.98. The van der Waals surface area contributed by atoms with Crippen molar-refractivity contribution >= 4 is 12.0 Å². The van der Waals surface area contributed by atoms with Gasteiger partial charge in [-0.25, -0.2) is 9.59 Å². The summed E-state index contributed by atoms with van der Waals surface area (Å²) in [5, 5.41) is 26.1. The fourth-order valence-electron chi connectivity index (χ4n) is 0.890. The van der Waals surface area contributed by atoms with Crippen LogP contribution in [0.4, 0.5) is 4.79 Å². The molecule has 1 unspecified atom stereocenters. The van der Waals surface area contributed by atoms with Crippen LogP contribution in [-0.2, 0) is 11.3 Å². The Morgan fingerprint density at radius 3 is 2.76 bits per heavy atom. The largest absolute Gasteiger partial charge is 0.479 e. The van der Waals surface area contributed by atoms with Crippen LogP contribution in [0, 0.1) is 0 Å². The molecule has 94 valence electrons. The first-order valence-corrected chi connectivity index (χ1v) is 4.78. The molecule has 0 fully saturated rings. The average molecular weight is 243 g/mol. The third-order valence-corrected chi connectivity index (χ3v) is 1.98. The molecule has 17 heavy (non-hydrogen) atoms. The van der Waals surface area contributed by atoms with E-state index in [1.165, 1.54) is 6.26 Å². The van der Waals surface area contributed by atoms with Crippen molar-refractivity contribution < 1.29 is 24.3 Å². The van der Waals surface area contributed by atoms with Crippen LogP contribution < -0.4 is 10.6 Å². The van der Waals surface area contributed by atoms with Crippen LogP contribution in [0.5, 0.6) is 0 Å². The van der Waals surface area contributed by atoms with Crippen molar-refractivity contribution in [3.05, 3.63) is 18.0 Å². The Kier molecular flexibility index (Phi) is 4.05. The Morgan fingerprint density at radius 2 is 2.24 bits per heavy atom. The molecule has 0 aromatic carbocycles. The van der Waals surface area contributed by atoms with E-state index in [1.807, 2.05) is 0 Å². The summed E-state index contributed by atoms with van der Waals surface area (Å²) in [6.07, 6.45) is 1.37. The molecule has 0 aliphatic carbocycles. The molecule has 1 aromatic rings. The lowest BCUT2D eigenvalue weighted by Gasteiger charge is -2.18. The van der Waals surface area contributed by atoms with Crippen molar-refractivity contribution in [3.63, 3.8) is 0 Å². The number of carbonyl (C=O) groups excluding carboxylic acids is 1. The molecule has 0 saturated heterocycles. The van der Waals surface area contributed by atoms with E-state index in [4.69, 9.17) is 5.11 Å². The molecule has 4 N–H and O–H groups in total. The van der Waals surface area contributed by atoms with E-state index in [0.717, 1.165) is 6.92 Å². The molecule has 0 aliphatic heterocycles. The maximum absolute atomic E-state index is 11.2. The Morgan fingerprint density at radius 1 is 1.53 bits per heavy atom. The molecule has 0 bridgehead atoms. The van der Waals surface area contributed by atoms with E-state index in [1.54, 1.807) is 6.07 Å². The highest BCUT2D eigenvalue weighted by Crippen LogP contribution is 2.00. The number of amides is 2. The lowest BCUT2D eigenvalue weighted by molar-refractivity contribution is -0.155. The molecule has 1 heterocycles. The van der Waals surface area contributed by atoms with E-state index >= 15 is 0 Å². The molecule has 0 saturated carbocycles. The first kappa shape index (κ1) is 13.0. The number of rotatable bonds is 5. The number of hydrogen-bond donors (Lipinski definition) is 4. The minimum Gasteiger partial charge on any atom is -0.479 e. The minimum absolute atomic E-state index is 0.150. The van der Waals surface area contributed by atoms with Gasteiger partial charge in [-0.15, -0.1) is 0 Å². The molecule has 8 heteroatoms. The summed E-state index contributed by atoms with van der Waals surface area (Å²) in [7, 11) is 0. The highest BCUT2D eigenvalue weighted by atomic mass is 16.5. The van der Waals surface area contributed by atoms with Gasteiger partial charge in [-0.05, 0) is 6.92 Å². The Hall–Kier alpha value is -2.09. The second kappa shape index (κ2) is 5.30. The van der Waals surface area contributed by atoms with Gasteiger partial charge in [-0.3, -0.25) is 0 Å². The lowest BCUT2D eigenvalue weighted by atomic mass is 10.1. The monoisotopic (exact) mass is 243 g/mol. The van der Waals surface area contributed by atoms with E-state index in [-0.39, 0.29) is 6.54 Å². The van der Waals surface area contributed by atoms with Gasteiger partial charge >= 0.3 is 12.0 Å². The van der Waals surface area contributed by atoms with Crippen LogP contribution in [0.25, 0.3) is 0 Å². The van der Waals surface area contributed by atoms with Gasteiger partial charge in [0.25, 0.3) is 0 Å². The van der Waals surface area contributed by atoms with Gasteiger partial charge in [0.1, 0.15) is 12.0 Å². The third kappa shape index (κ3) is 4.11. The van der Waals surface area contributed by atoms with Gasteiger partial charge in [0.05, 0.1) is 13.1 Å².